The predicted octanol–water partition coefficient (Wildman–Crippen LogP) is 2.17. The fourth-order valence-electron chi connectivity index (χ4n) is 3.64. The maximum absolute atomic E-state index is 12.3. The summed E-state index contributed by atoms with van der Waals surface area (Å²) in [6.07, 6.45) is 3.47. The van der Waals surface area contributed by atoms with E-state index in [1.807, 2.05) is 6.07 Å². The molecular formula is C19H20N2O4. The third-order valence-electron chi connectivity index (χ3n) is 5.00. The van der Waals surface area contributed by atoms with Crippen molar-refractivity contribution in [1.29, 1.82) is 5.26 Å². The topological polar surface area (TPSA) is 87.5 Å². The van der Waals surface area contributed by atoms with Crippen molar-refractivity contribution >= 4 is 17.8 Å². The Morgan fingerprint density at radius 1 is 1.16 bits per heavy atom. The first-order valence-electron chi connectivity index (χ1n) is 8.60. The van der Waals surface area contributed by atoms with Crippen molar-refractivity contribution in [3.8, 4) is 6.07 Å². The Morgan fingerprint density at radius 2 is 1.80 bits per heavy atom. The zero-order chi connectivity index (χ0) is 17.8. The minimum atomic E-state index is -0.483. The highest BCUT2D eigenvalue weighted by molar-refractivity contribution is 6.05. The molecule has 1 aromatic carbocycles. The predicted molar refractivity (Wildman–Crippen MR) is 87.7 cm³/mol. The number of amides is 2. The van der Waals surface area contributed by atoms with Gasteiger partial charge in [-0.25, -0.2) is 0 Å². The van der Waals surface area contributed by atoms with Crippen LogP contribution in [0.15, 0.2) is 24.3 Å². The van der Waals surface area contributed by atoms with Crippen LogP contribution in [0.25, 0.3) is 0 Å². The van der Waals surface area contributed by atoms with E-state index in [2.05, 4.69) is 0 Å². The Morgan fingerprint density at radius 3 is 2.44 bits per heavy atom. The molecule has 0 radical (unpaired) electrons. The normalized spacial score (nSPS) is 22.4. The molecule has 1 aliphatic carbocycles. The fraction of sp³-hybridized carbons (Fsp3) is 0.474. The first kappa shape index (κ1) is 17.2. The Bertz CT molecular complexity index is 713. The molecule has 2 aliphatic rings. The van der Waals surface area contributed by atoms with Crippen LogP contribution < -0.4 is 0 Å². The van der Waals surface area contributed by atoms with Crippen molar-refractivity contribution in [2.45, 2.75) is 38.7 Å². The summed E-state index contributed by atoms with van der Waals surface area (Å²) in [6.45, 7) is 0.0824. The average Bonchev–Trinajstić information content (AvgIpc) is 2.89. The summed E-state index contributed by atoms with van der Waals surface area (Å²) in [5, 5.41) is 9.02. The van der Waals surface area contributed by atoms with Gasteiger partial charge in [-0.15, -0.1) is 0 Å². The number of benzene rings is 1. The number of imide groups is 1. The molecule has 25 heavy (non-hydrogen) atoms. The van der Waals surface area contributed by atoms with E-state index in [9.17, 15) is 14.4 Å². The van der Waals surface area contributed by atoms with Gasteiger partial charge in [0.05, 0.1) is 29.9 Å². The van der Waals surface area contributed by atoms with Gasteiger partial charge >= 0.3 is 5.97 Å². The second kappa shape index (κ2) is 7.47. The second-order valence-corrected chi connectivity index (χ2v) is 6.51. The molecule has 1 saturated heterocycles. The molecule has 0 bridgehead atoms. The number of carbonyl (C=O) groups excluding carboxylic acids is 3. The second-order valence-electron chi connectivity index (χ2n) is 6.51. The zero-order valence-corrected chi connectivity index (χ0v) is 13.9. The Labute approximate surface area is 146 Å². The third kappa shape index (κ3) is 3.55. The monoisotopic (exact) mass is 340 g/mol. The van der Waals surface area contributed by atoms with E-state index in [0.717, 1.165) is 25.7 Å². The van der Waals surface area contributed by atoms with Crippen LogP contribution >= 0.6 is 0 Å². The lowest BCUT2D eigenvalue weighted by molar-refractivity contribution is -0.146. The molecule has 0 unspecified atom stereocenters. The summed E-state index contributed by atoms with van der Waals surface area (Å²) in [4.78, 5) is 37.9. The number of hydrogen-bond donors (Lipinski definition) is 0. The SMILES string of the molecule is N#Cc1ccccc1COC(=O)CCN1C(=O)[C@H]2CCCC[C@@H]2C1=O. The van der Waals surface area contributed by atoms with Gasteiger partial charge in [0.15, 0.2) is 0 Å². The van der Waals surface area contributed by atoms with Crippen LogP contribution in [0, 0.1) is 23.2 Å². The van der Waals surface area contributed by atoms with Gasteiger partial charge in [-0.1, -0.05) is 31.0 Å². The van der Waals surface area contributed by atoms with Gasteiger partial charge in [-0.3, -0.25) is 19.3 Å². The molecule has 1 aliphatic heterocycles. The number of ether oxygens (including phenoxy) is 1. The molecule has 3 rings (SSSR count). The first-order valence-corrected chi connectivity index (χ1v) is 8.60. The van der Waals surface area contributed by atoms with Gasteiger partial charge in [-0.2, -0.15) is 5.26 Å². The highest BCUT2D eigenvalue weighted by atomic mass is 16.5. The summed E-state index contributed by atoms with van der Waals surface area (Å²) in [6, 6.07) is 8.95. The third-order valence-corrected chi connectivity index (χ3v) is 5.00. The lowest BCUT2D eigenvalue weighted by atomic mass is 9.81. The van der Waals surface area contributed by atoms with Crippen LogP contribution in [-0.2, 0) is 25.7 Å². The lowest BCUT2D eigenvalue weighted by Crippen LogP contribution is -2.33. The molecule has 0 N–H and O–H groups in total. The largest absolute Gasteiger partial charge is 0.461 e. The van der Waals surface area contributed by atoms with E-state index < -0.39 is 5.97 Å². The fourth-order valence-corrected chi connectivity index (χ4v) is 3.64. The molecular weight excluding hydrogens is 320 g/mol. The molecule has 2 amide bonds. The maximum Gasteiger partial charge on any atom is 0.307 e. The zero-order valence-electron chi connectivity index (χ0n) is 13.9. The van der Waals surface area contributed by atoms with Crippen LogP contribution in [0.4, 0.5) is 0 Å². The summed E-state index contributed by atoms with van der Waals surface area (Å²) in [7, 11) is 0. The number of esters is 1. The number of likely N-dealkylation sites (tertiary alicyclic amines) is 1. The van der Waals surface area contributed by atoms with Crippen LogP contribution in [0.5, 0.6) is 0 Å². The molecule has 6 heteroatoms. The number of carbonyl (C=O) groups is 3. The van der Waals surface area contributed by atoms with Gasteiger partial charge in [0.2, 0.25) is 11.8 Å². The molecule has 1 heterocycles. The maximum atomic E-state index is 12.3. The Kier molecular flexibility index (Phi) is 5.13. The van der Waals surface area contributed by atoms with E-state index in [0.29, 0.717) is 11.1 Å². The van der Waals surface area contributed by atoms with Crippen molar-refractivity contribution in [3.05, 3.63) is 35.4 Å². The van der Waals surface area contributed by atoms with Crippen molar-refractivity contribution in [2.24, 2.45) is 11.8 Å². The molecule has 0 aromatic heterocycles. The van der Waals surface area contributed by atoms with E-state index in [-0.39, 0.29) is 43.2 Å². The Balaban J connectivity index is 1.52. The van der Waals surface area contributed by atoms with Crippen LogP contribution in [0.1, 0.15) is 43.2 Å². The van der Waals surface area contributed by atoms with Gasteiger partial charge in [0.1, 0.15) is 6.61 Å². The van der Waals surface area contributed by atoms with Crippen LogP contribution in [-0.4, -0.2) is 29.2 Å². The van der Waals surface area contributed by atoms with Crippen LogP contribution in [0.2, 0.25) is 0 Å². The minimum absolute atomic E-state index is 0.00963. The summed E-state index contributed by atoms with van der Waals surface area (Å²) >= 11 is 0. The molecule has 2 fully saturated rings. The van der Waals surface area contributed by atoms with E-state index >= 15 is 0 Å². The smallest absolute Gasteiger partial charge is 0.307 e. The molecule has 130 valence electrons. The number of nitrogens with zero attached hydrogens (tertiary/aromatic N) is 2. The van der Waals surface area contributed by atoms with Crippen molar-refractivity contribution in [1.82, 2.24) is 4.90 Å². The molecule has 1 aromatic rings. The average molecular weight is 340 g/mol. The van der Waals surface area contributed by atoms with Gasteiger partial charge in [0, 0.05) is 12.1 Å². The standard InChI is InChI=1S/C19H20N2O4/c20-11-13-5-1-2-6-14(13)12-25-17(22)9-10-21-18(23)15-7-3-4-8-16(15)19(21)24/h1-2,5-6,15-16H,3-4,7-10,12H2/t15-,16-/m0/s1. The first-order chi connectivity index (χ1) is 12.1. The summed E-state index contributed by atoms with van der Waals surface area (Å²) in [5.74, 6) is -1.16. The molecule has 1 saturated carbocycles. The van der Waals surface area contributed by atoms with Gasteiger partial charge in [0.25, 0.3) is 0 Å². The van der Waals surface area contributed by atoms with E-state index in [1.165, 1.54) is 4.90 Å². The quantitative estimate of drug-likeness (QED) is 0.605. The molecule has 2 atom stereocenters. The van der Waals surface area contributed by atoms with Crippen molar-refractivity contribution in [2.75, 3.05) is 6.54 Å². The van der Waals surface area contributed by atoms with E-state index in [4.69, 9.17) is 10.00 Å². The lowest BCUT2D eigenvalue weighted by Gasteiger charge is -2.19. The van der Waals surface area contributed by atoms with Gasteiger partial charge in [-0.05, 0) is 18.9 Å². The number of hydrogen-bond acceptors (Lipinski definition) is 5. The highest BCUT2D eigenvalue weighted by Crippen LogP contribution is 2.37. The Hall–Kier alpha value is -2.68. The molecule has 6 nitrogen and oxygen atoms in total. The van der Waals surface area contributed by atoms with Gasteiger partial charge < -0.3 is 4.74 Å². The van der Waals surface area contributed by atoms with Crippen molar-refractivity contribution < 1.29 is 19.1 Å². The summed E-state index contributed by atoms with van der Waals surface area (Å²) < 4.78 is 5.18. The van der Waals surface area contributed by atoms with Crippen LogP contribution in [0.3, 0.4) is 0 Å². The number of rotatable bonds is 5. The summed E-state index contributed by atoms with van der Waals surface area (Å²) in [5.41, 5.74) is 1.10. The minimum Gasteiger partial charge on any atom is -0.461 e. The number of fused-ring (bicyclic) bond motifs is 1. The highest BCUT2D eigenvalue weighted by Gasteiger charge is 2.47. The van der Waals surface area contributed by atoms with Crippen molar-refractivity contribution in [3.63, 3.8) is 0 Å². The molecule has 0 spiro atoms. The van der Waals surface area contributed by atoms with E-state index in [1.54, 1.807) is 24.3 Å². The number of nitriles is 1.